The smallest absolute Gasteiger partial charge is 0.378 e. The van der Waals surface area contributed by atoms with E-state index in [9.17, 15) is 22.4 Å². The van der Waals surface area contributed by atoms with Crippen molar-refractivity contribution >= 4 is 16.8 Å². The summed E-state index contributed by atoms with van der Waals surface area (Å²) in [6.07, 6.45) is -2.55. The van der Waals surface area contributed by atoms with Crippen molar-refractivity contribution in [3.63, 3.8) is 0 Å². The molecule has 0 N–H and O–H groups in total. The zero-order valence-electron chi connectivity index (χ0n) is 20.0. The van der Waals surface area contributed by atoms with Gasteiger partial charge in [0.25, 0.3) is 0 Å². The van der Waals surface area contributed by atoms with Crippen LogP contribution in [0.3, 0.4) is 0 Å². The minimum atomic E-state index is -4.49. The molecule has 4 aromatic rings. The van der Waals surface area contributed by atoms with E-state index in [1.165, 1.54) is 18.2 Å². The van der Waals surface area contributed by atoms with Crippen LogP contribution in [0.4, 0.5) is 17.6 Å². The molecular formula is C29H26F4N2O2. The van der Waals surface area contributed by atoms with Crippen molar-refractivity contribution in [3.05, 3.63) is 107 Å². The van der Waals surface area contributed by atoms with Gasteiger partial charge < -0.3 is 14.2 Å². The molecule has 4 nitrogen and oxygen atoms in total. The molecule has 5 rings (SSSR count). The first-order valence-corrected chi connectivity index (χ1v) is 12.1. The standard InChI is InChI=1S/C29H26F4N2O2/c30-23-10-8-20(9-11-23)18-35-19-26(24-6-1-2-7-27(24)35)25(17-28(36)34-12-14-37-15-13-34)21-4-3-5-22(16-21)29(31,32)33/h1-11,16,19,25H,12-15,17-18H2/t25-/m0/s1. The number of hydrogen-bond acceptors (Lipinski definition) is 2. The van der Waals surface area contributed by atoms with Gasteiger partial charge in [0.15, 0.2) is 0 Å². The fourth-order valence-electron chi connectivity index (χ4n) is 4.93. The van der Waals surface area contributed by atoms with Crippen molar-refractivity contribution in [1.82, 2.24) is 9.47 Å². The SMILES string of the molecule is O=C(C[C@@H](c1cccc(C(F)(F)F)c1)c1cn(Cc2ccc(F)cc2)c2ccccc12)N1CCOCC1. The molecule has 0 saturated carbocycles. The minimum absolute atomic E-state index is 0.0336. The number of para-hydroxylation sites is 1. The number of halogens is 4. The first-order chi connectivity index (χ1) is 17.8. The van der Waals surface area contributed by atoms with Gasteiger partial charge in [0.05, 0.1) is 18.8 Å². The predicted molar refractivity (Wildman–Crippen MR) is 133 cm³/mol. The van der Waals surface area contributed by atoms with Gasteiger partial charge in [-0.1, -0.05) is 48.5 Å². The maximum atomic E-state index is 13.6. The summed E-state index contributed by atoms with van der Waals surface area (Å²) >= 11 is 0. The maximum absolute atomic E-state index is 13.6. The third-order valence-electron chi connectivity index (χ3n) is 6.82. The van der Waals surface area contributed by atoms with E-state index in [1.807, 2.05) is 35.0 Å². The third-order valence-corrected chi connectivity index (χ3v) is 6.82. The molecule has 1 atom stereocenters. The average molecular weight is 511 g/mol. The number of alkyl halides is 3. The first-order valence-electron chi connectivity index (χ1n) is 12.1. The zero-order valence-corrected chi connectivity index (χ0v) is 20.0. The number of benzene rings is 3. The molecule has 1 fully saturated rings. The van der Waals surface area contributed by atoms with E-state index in [4.69, 9.17) is 4.74 Å². The molecule has 192 valence electrons. The minimum Gasteiger partial charge on any atom is -0.378 e. The number of ether oxygens (including phenoxy) is 1. The first kappa shape index (κ1) is 25.0. The Kier molecular flexibility index (Phi) is 7.02. The van der Waals surface area contributed by atoms with Gasteiger partial charge in [-0.05, 0) is 41.0 Å². The van der Waals surface area contributed by atoms with Crippen molar-refractivity contribution in [2.45, 2.75) is 25.1 Å². The van der Waals surface area contributed by atoms with Gasteiger partial charge in [-0.15, -0.1) is 0 Å². The topological polar surface area (TPSA) is 34.5 Å². The number of nitrogens with zero attached hydrogens (tertiary/aromatic N) is 2. The molecule has 1 aliphatic rings. The second-order valence-corrected chi connectivity index (χ2v) is 9.23. The highest BCUT2D eigenvalue weighted by Crippen LogP contribution is 2.38. The Bertz CT molecular complexity index is 1390. The summed E-state index contributed by atoms with van der Waals surface area (Å²) < 4.78 is 61.6. The van der Waals surface area contributed by atoms with Crippen LogP contribution in [0, 0.1) is 5.82 Å². The van der Waals surface area contributed by atoms with Gasteiger partial charge in [-0.3, -0.25) is 4.79 Å². The van der Waals surface area contributed by atoms with E-state index in [0.29, 0.717) is 38.4 Å². The molecule has 1 aliphatic heterocycles. The Morgan fingerprint density at radius 3 is 2.41 bits per heavy atom. The van der Waals surface area contributed by atoms with E-state index in [0.717, 1.165) is 34.2 Å². The van der Waals surface area contributed by atoms with E-state index >= 15 is 0 Å². The van der Waals surface area contributed by atoms with Crippen molar-refractivity contribution in [3.8, 4) is 0 Å². The van der Waals surface area contributed by atoms with Crippen LogP contribution < -0.4 is 0 Å². The molecule has 3 aromatic carbocycles. The largest absolute Gasteiger partial charge is 0.416 e. The number of carbonyl (C=O) groups excluding carboxylic acids is 1. The number of fused-ring (bicyclic) bond motifs is 1. The normalized spacial score (nSPS) is 15.2. The quantitative estimate of drug-likeness (QED) is 0.288. The highest BCUT2D eigenvalue weighted by molar-refractivity contribution is 5.87. The number of aromatic nitrogens is 1. The van der Waals surface area contributed by atoms with Gasteiger partial charge in [-0.2, -0.15) is 13.2 Å². The summed E-state index contributed by atoms with van der Waals surface area (Å²) in [5.74, 6) is -1.04. The molecule has 8 heteroatoms. The van der Waals surface area contributed by atoms with Crippen LogP contribution in [-0.2, 0) is 22.3 Å². The fourth-order valence-corrected chi connectivity index (χ4v) is 4.93. The number of morpholine rings is 1. The Balaban J connectivity index is 1.59. The molecule has 0 unspecified atom stereocenters. The molecular weight excluding hydrogens is 484 g/mol. The summed E-state index contributed by atoms with van der Waals surface area (Å²) in [4.78, 5) is 15.0. The fraction of sp³-hybridized carbons (Fsp3) is 0.276. The molecule has 37 heavy (non-hydrogen) atoms. The zero-order chi connectivity index (χ0) is 26.0. The highest BCUT2D eigenvalue weighted by Gasteiger charge is 2.32. The maximum Gasteiger partial charge on any atom is 0.416 e. The number of hydrogen-bond donors (Lipinski definition) is 0. The lowest BCUT2D eigenvalue weighted by atomic mass is 9.87. The third kappa shape index (κ3) is 5.54. The van der Waals surface area contributed by atoms with Gasteiger partial charge in [0.2, 0.25) is 5.91 Å². The van der Waals surface area contributed by atoms with Gasteiger partial charge >= 0.3 is 6.18 Å². The molecule has 2 heterocycles. The van der Waals surface area contributed by atoms with E-state index in [-0.39, 0.29) is 18.1 Å². The van der Waals surface area contributed by atoms with Crippen LogP contribution in [0.1, 0.15) is 34.6 Å². The van der Waals surface area contributed by atoms with Crippen LogP contribution >= 0.6 is 0 Å². The Hall–Kier alpha value is -3.65. The predicted octanol–water partition coefficient (Wildman–Crippen LogP) is 6.23. The second-order valence-electron chi connectivity index (χ2n) is 9.23. The van der Waals surface area contributed by atoms with Crippen molar-refractivity contribution in [2.75, 3.05) is 26.3 Å². The van der Waals surface area contributed by atoms with Gasteiger partial charge in [0.1, 0.15) is 5.82 Å². The van der Waals surface area contributed by atoms with Crippen LogP contribution in [0.5, 0.6) is 0 Å². The number of rotatable bonds is 6. The molecule has 1 saturated heterocycles. The van der Waals surface area contributed by atoms with Crippen molar-refractivity contribution in [1.29, 1.82) is 0 Å². The summed E-state index contributed by atoms with van der Waals surface area (Å²) in [5, 5.41) is 0.863. The molecule has 0 radical (unpaired) electrons. The van der Waals surface area contributed by atoms with E-state index < -0.39 is 17.7 Å². The second kappa shape index (κ2) is 10.4. The lowest BCUT2D eigenvalue weighted by molar-refractivity contribution is -0.137. The van der Waals surface area contributed by atoms with Crippen molar-refractivity contribution in [2.24, 2.45) is 0 Å². The molecule has 1 amide bonds. The van der Waals surface area contributed by atoms with Crippen molar-refractivity contribution < 1.29 is 27.1 Å². The highest BCUT2D eigenvalue weighted by atomic mass is 19.4. The Morgan fingerprint density at radius 2 is 1.68 bits per heavy atom. The summed E-state index contributed by atoms with van der Waals surface area (Å²) in [6, 6.07) is 19.1. The molecule has 1 aromatic heterocycles. The summed E-state index contributed by atoms with van der Waals surface area (Å²) in [6.45, 7) is 2.25. The summed E-state index contributed by atoms with van der Waals surface area (Å²) in [7, 11) is 0. The van der Waals surface area contributed by atoms with E-state index in [1.54, 1.807) is 23.1 Å². The lowest BCUT2D eigenvalue weighted by Gasteiger charge is -2.29. The Labute approximate surface area is 212 Å². The molecule has 0 spiro atoms. The monoisotopic (exact) mass is 510 g/mol. The van der Waals surface area contributed by atoms with Crippen LogP contribution in [-0.4, -0.2) is 41.7 Å². The summed E-state index contributed by atoms with van der Waals surface area (Å²) in [5.41, 5.74) is 2.23. The molecule has 0 bridgehead atoms. The lowest BCUT2D eigenvalue weighted by Crippen LogP contribution is -2.41. The van der Waals surface area contributed by atoms with Gasteiger partial charge in [0, 0.05) is 49.1 Å². The van der Waals surface area contributed by atoms with Crippen LogP contribution in [0.25, 0.3) is 10.9 Å². The van der Waals surface area contributed by atoms with Crippen LogP contribution in [0.2, 0.25) is 0 Å². The molecule has 0 aliphatic carbocycles. The number of amides is 1. The average Bonchev–Trinajstić information content (AvgIpc) is 3.26. The van der Waals surface area contributed by atoms with Gasteiger partial charge in [-0.25, -0.2) is 4.39 Å². The number of carbonyl (C=O) groups is 1. The van der Waals surface area contributed by atoms with Crippen LogP contribution in [0.15, 0.2) is 79.0 Å². The Morgan fingerprint density at radius 1 is 0.946 bits per heavy atom. The van der Waals surface area contributed by atoms with E-state index in [2.05, 4.69) is 0 Å².